The predicted molar refractivity (Wildman–Crippen MR) is 72.0 cm³/mol. The number of ether oxygens (including phenoxy) is 2. The summed E-state index contributed by atoms with van der Waals surface area (Å²) in [5.74, 6) is 0.869. The van der Waals surface area contributed by atoms with Crippen molar-refractivity contribution in [3.8, 4) is 0 Å². The minimum atomic E-state index is -1.37. The second kappa shape index (κ2) is 9.12. The lowest BCUT2D eigenvalue weighted by Crippen LogP contribution is -2.59. The highest BCUT2D eigenvalue weighted by Gasteiger charge is 2.43. The molecule has 0 bridgehead atoms. The molecule has 6 nitrogen and oxygen atoms in total. The molecule has 1 fully saturated rings. The van der Waals surface area contributed by atoms with E-state index in [-0.39, 0.29) is 0 Å². The van der Waals surface area contributed by atoms with Gasteiger partial charge in [-0.1, -0.05) is 12.8 Å². The number of thiol groups is 1. The monoisotopic (exact) mass is 296 g/mol. The van der Waals surface area contributed by atoms with Crippen molar-refractivity contribution in [1.82, 2.24) is 0 Å². The van der Waals surface area contributed by atoms with Crippen LogP contribution < -0.4 is 0 Å². The second-order valence-electron chi connectivity index (χ2n) is 4.71. The van der Waals surface area contributed by atoms with E-state index in [4.69, 9.17) is 14.6 Å². The van der Waals surface area contributed by atoms with Crippen LogP contribution in [-0.4, -0.2) is 70.1 Å². The minimum Gasteiger partial charge on any atom is -0.394 e. The van der Waals surface area contributed by atoms with E-state index < -0.39 is 37.3 Å². The van der Waals surface area contributed by atoms with Gasteiger partial charge in [-0.15, -0.1) is 0 Å². The molecule has 0 spiro atoms. The Kier molecular flexibility index (Phi) is 8.24. The molecular formula is C12H24O6S. The van der Waals surface area contributed by atoms with Crippen molar-refractivity contribution >= 4 is 12.6 Å². The van der Waals surface area contributed by atoms with Crippen molar-refractivity contribution < 1.29 is 29.9 Å². The minimum absolute atomic E-state index is 0.398. The van der Waals surface area contributed by atoms with Gasteiger partial charge in [0.25, 0.3) is 0 Å². The molecule has 1 rings (SSSR count). The molecule has 0 radical (unpaired) electrons. The molecule has 0 amide bonds. The van der Waals surface area contributed by atoms with Crippen molar-refractivity contribution in [2.75, 3.05) is 19.0 Å². The van der Waals surface area contributed by atoms with Gasteiger partial charge in [-0.25, -0.2) is 0 Å². The molecule has 1 heterocycles. The molecule has 1 aliphatic heterocycles. The second-order valence-corrected chi connectivity index (χ2v) is 5.15. The van der Waals surface area contributed by atoms with E-state index in [0.717, 1.165) is 31.4 Å². The van der Waals surface area contributed by atoms with Crippen LogP contribution in [0.2, 0.25) is 0 Å². The molecule has 4 N–H and O–H groups in total. The first kappa shape index (κ1) is 17.2. The molecular weight excluding hydrogens is 272 g/mol. The van der Waals surface area contributed by atoms with Gasteiger partial charge in [-0.3, -0.25) is 0 Å². The first-order valence-electron chi connectivity index (χ1n) is 6.64. The Hall–Kier alpha value is 0.110. The highest BCUT2D eigenvalue weighted by atomic mass is 32.1. The fourth-order valence-electron chi connectivity index (χ4n) is 1.97. The largest absolute Gasteiger partial charge is 0.394 e. The van der Waals surface area contributed by atoms with E-state index in [2.05, 4.69) is 12.6 Å². The summed E-state index contributed by atoms with van der Waals surface area (Å²) in [6.45, 7) is -0.0397. The summed E-state index contributed by atoms with van der Waals surface area (Å²) in [5, 5.41) is 37.9. The first-order chi connectivity index (χ1) is 9.11. The summed E-state index contributed by atoms with van der Waals surface area (Å²) < 4.78 is 10.6. The van der Waals surface area contributed by atoms with Crippen LogP contribution >= 0.6 is 12.6 Å². The molecule has 7 heteroatoms. The number of hydrogen-bond donors (Lipinski definition) is 5. The molecule has 1 saturated heterocycles. The smallest absolute Gasteiger partial charge is 0.186 e. The van der Waals surface area contributed by atoms with Gasteiger partial charge in [0.2, 0.25) is 0 Å². The Morgan fingerprint density at radius 3 is 2.26 bits per heavy atom. The summed E-state index contributed by atoms with van der Waals surface area (Å²) in [6, 6.07) is 0. The Bertz CT molecular complexity index is 240. The maximum atomic E-state index is 9.71. The average Bonchev–Trinajstić information content (AvgIpc) is 2.42. The van der Waals surface area contributed by atoms with Crippen molar-refractivity contribution in [2.45, 2.75) is 56.4 Å². The van der Waals surface area contributed by atoms with Crippen LogP contribution in [0, 0.1) is 0 Å². The third-order valence-corrected chi connectivity index (χ3v) is 3.50. The average molecular weight is 296 g/mol. The van der Waals surface area contributed by atoms with Crippen LogP contribution in [0.4, 0.5) is 0 Å². The molecule has 0 saturated carbocycles. The number of aliphatic hydroxyl groups excluding tert-OH is 4. The van der Waals surface area contributed by atoms with Gasteiger partial charge in [0.1, 0.15) is 24.4 Å². The zero-order valence-electron chi connectivity index (χ0n) is 10.9. The highest BCUT2D eigenvalue weighted by Crippen LogP contribution is 2.22. The summed E-state index contributed by atoms with van der Waals surface area (Å²) >= 11 is 4.12. The lowest BCUT2D eigenvalue weighted by molar-refractivity contribution is -0.301. The molecule has 5 atom stereocenters. The van der Waals surface area contributed by atoms with Crippen molar-refractivity contribution in [3.05, 3.63) is 0 Å². The number of aliphatic hydroxyl groups is 4. The van der Waals surface area contributed by atoms with Crippen molar-refractivity contribution in [1.29, 1.82) is 0 Å². The Labute approximate surface area is 118 Å². The fourth-order valence-corrected chi connectivity index (χ4v) is 2.20. The third kappa shape index (κ3) is 5.18. The molecule has 0 aromatic carbocycles. The molecule has 1 aliphatic rings. The summed E-state index contributed by atoms with van der Waals surface area (Å²) in [4.78, 5) is 0. The zero-order valence-corrected chi connectivity index (χ0v) is 11.8. The topological polar surface area (TPSA) is 99.4 Å². The zero-order chi connectivity index (χ0) is 14.3. The van der Waals surface area contributed by atoms with Crippen molar-refractivity contribution in [2.24, 2.45) is 0 Å². The maximum absolute atomic E-state index is 9.71. The van der Waals surface area contributed by atoms with E-state index in [9.17, 15) is 15.3 Å². The summed E-state index contributed by atoms with van der Waals surface area (Å²) in [5.41, 5.74) is 0. The first-order valence-corrected chi connectivity index (χ1v) is 7.28. The van der Waals surface area contributed by atoms with Crippen LogP contribution in [0.3, 0.4) is 0 Å². The predicted octanol–water partition coefficient (Wildman–Crippen LogP) is -0.707. The molecule has 3 unspecified atom stereocenters. The number of unbranched alkanes of at least 4 members (excludes halogenated alkanes) is 3. The molecule has 19 heavy (non-hydrogen) atoms. The van der Waals surface area contributed by atoms with Crippen LogP contribution in [-0.2, 0) is 9.47 Å². The molecule has 0 aliphatic carbocycles. The molecule has 0 aromatic heterocycles. The van der Waals surface area contributed by atoms with E-state index >= 15 is 0 Å². The summed E-state index contributed by atoms with van der Waals surface area (Å²) in [6.07, 6.45) is -2.00. The van der Waals surface area contributed by atoms with Crippen LogP contribution in [0.5, 0.6) is 0 Å². The normalized spacial score (nSPS) is 35.5. The van der Waals surface area contributed by atoms with Crippen LogP contribution in [0.1, 0.15) is 25.7 Å². The van der Waals surface area contributed by atoms with Gasteiger partial charge < -0.3 is 29.9 Å². The Morgan fingerprint density at radius 2 is 1.63 bits per heavy atom. The number of rotatable bonds is 8. The Balaban J connectivity index is 2.28. The third-order valence-electron chi connectivity index (χ3n) is 3.18. The van der Waals surface area contributed by atoms with Crippen LogP contribution in [0.15, 0.2) is 0 Å². The maximum Gasteiger partial charge on any atom is 0.186 e. The Morgan fingerprint density at radius 1 is 0.947 bits per heavy atom. The fraction of sp³-hybridized carbons (Fsp3) is 1.00. The summed E-state index contributed by atoms with van der Waals surface area (Å²) in [7, 11) is 0. The van der Waals surface area contributed by atoms with Gasteiger partial charge in [-0.2, -0.15) is 12.6 Å². The lowest BCUT2D eigenvalue weighted by atomic mass is 9.99. The van der Waals surface area contributed by atoms with Gasteiger partial charge in [0, 0.05) is 6.61 Å². The standard InChI is InChI=1S/C12H24O6S/c13-7-8-9(14)10(15)11(16)12(18-8)17-5-3-1-2-4-6-19/h8-16,19H,1-7H2/t8?,9-,10?,11?,12+/m0/s1. The van der Waals surface area contributed by atoms with Gasteiger partial charge in [-0.05, 0) is 18.6 Å². The number of hydrogen-bond acceptors (Lipinski definition) is 7. The molecule has 0 aromatic rings. The van der Waals surface area contributed by atoms with Gasteiger partial charge in [0.15, 0.2) is 6.29 Å². The van der Waals surface area contributed by atoms with Gasteiger partial charge in [0.05, 0.1) is 6.61 Å². The van der Waals surface area contributed by atoms with Gasteiger partial charge >= 0.3 is 0 Å². The highest BCUT2D eigenvalue weighted by molar-refractivity contribution is 7.80. The van der Waals surface area contributed by atoms with E-state index in [0.29, 0.717) is 6.61 Å². The molecule has 114 valence electrons. The SMILES string of the molecule is OCC1O[C@@H](OCCCCCCS)C(O)C(O)[C@H]1O. The van der Waals surface area contributed by atoms with E-state index in [1.165, 1.54) is 0 Å². The van der Waals surface area contributed by atoms with E-state index in [1.807, 2.05) is 0 Å². The van der Waals surface area contributed by atoms with Crippen LogP contribution in [0.25, 0.3) is 0 Å². The quantitative estimate of drug-likeness (QED) is 0.300. The van der Waals surface area contributed by atoms with E-state index in [1.54, 1.807) is 0 Å². The van der Waals surface area contributed by atoms with Crippen molar-refractivity contribution in [3.63, 3.8) is 0 Å². The lowest BCUT2D eigenvalue weighted by Gasteiger charge is -2.39.